The van der Waals surface area contributed by atoms with Crippen molar-refractivity contribution < 1.29 is 9.53 Å². The Kier molecular flexibility index (Phi) is 6.62. The molecule has 0 radical (unpaired) electrons. The van der Waals surface area contributed by atoms with Gasteiger partial charge < -0.3 is 10.1 Å². The number of nitrogens with one attached hydrogen (secondary N) is 1. The van der Waals surface area contributed by atoms with E-state index >= 15 is 0 Å². The lowest BCUT2D eigenvalue weighted by atomic mass is 9.97. The molecule has 0 amide bonds. The number of aryl methyl sites for hydroxylation is 1. The van der Waals surface area contributed by atoms with E-state index in [0.29, 0.717) is 13.3 Å². The Labute approximate surface area is 169 Å². The van der Waals surface area contributed by atoms with Crippen molar-refractivity contribution in [3.05, 3.63) is 33.3 Å². The fraction of sp³-hybridized carbons (Fsp3) is 0.526. The van der Waals surface area contributed by atoms with Crippen molar-refractivity contribution in [1.82, 2.24) is 14.7 Å². The largest absolute Gasteiger partial charge is 0.466 e. The Morgan fingerprint density at radius 2 is 2.11 bits per heavy atom. The Hall–Kier alpha value is -1.77. The van der Waals surface area contributed by atoms with Crippen LogP contribution in [0.2, 0.25) is 0 Å². The van der Waals surface area contributed by atoms with Crippen LogP contribution >= 0.6 is 23.6 Å². The molecule has 1 aliphatic heterocycles. The molecule has 0 aliphatic carbocycles. The van der Waals surface area contributed by atoms with E-state index in [4.69, 9.17) is 17.0 Å². The number of hydrogen-bond acceptors (Lipinski definition) is 7. The normalized spacial score (nSPS) is 15.7. The summed E-state index contributed by atoms with van der Waals surface area (Å²) in [5.74, 6) is -0.0476. The van der Waals surface area contributed by atoms with E-state index in [0.717, 1.165) is 40.7 Å². The highest BCUT2D eigenvalue weighted by Gasteiger charge is 2.26. The quantitative estimate of drug-likeness (QED) is 0.571. The number of carbonyl (C=O) groups is 1. The molecule has 1 N–H and O–H groups in total. The average Bonchev–Trinajstić information content (AvgIpc) is 2.99. The maximum absolute atomic E-state index is 11.9. The third-order valence-corrected chi connectivity index (χ3v) is 6.22. The highest BCUT2D eigenvalue weighted by molar-refractivity contribution is 7.73. The van der Waals surface area contributed by atoms with Crippen LogP contribution in [-0.4, -0.2) is 40.3 Å². The van der Waals surface area contributed by atoms with Gasteiger partial charge in [-0.2, -0.15) is 0 Å². The van der Waals surface area contributed by atoms with Crippen molar-refractivity contribution in [2.24, 2.45) is 5.92 Å². The molecule has 27 heavy (non-hydrogen) atoms. The number of ether oxygens (including phenoxy) is 1. The molecule has 0 atom stereocenters. The second-order valence-electron chi connectivity index (χ2n) is 6.83. The minimum Gasteiger partial charge on any atom is -0.466 e. The van der Waals surface area contributed by atoms with Crippen LogP contribution in [0.25, 0.3) is 0 Å². The zero-order chi connectivity index (χ0) is 19.4. The summed E-state index contributed by atoms with van der Waals surface area (Å²) in [6.45, 7) is 8.84. The number of aromatic nitrogens is 2. The SMILES string of the molecule is CCOC(=O)C1CCN(Cn2nc(Nc3cccc(C)c3C)sc2=S)CC1. The molecule has 0 spiro atoms. The van der Waals surface area contributed by atoms with Crippen molar-refractivity contribution in [3.63, 3.8) is 0 Å². The van der Waals surface area contributed by atoms with Crippen LogP contribution in [0, 0.1) is 23.7 Å². The van der Waals surface area contributed by atoms with E-state index in [1.807, 2.05) is 17.7 Å². The molecule has 3 rings (SSSR count). The number of anilines is 2. The lowest BCUT2D eigenvalue weighted by Gasteiger charge is -2.30. The van der Waals surface area contributed by atoms with E-state index in [2.05, 4.69) is 41.3 Å². The summed E-state index contributed by atoms with van der Waals surface area (Å²) in [6, 6.07) is 6.19. The summed E-state index contributed by atoms with van der Waals surface area (Å²) in [7, 11) is 0. The fourth-order valence-corrected chi connectivity index (χ4v) is 4.21. The van der Waals surface area contributed by atoms with Gasteiger partial charge in [-0.05, 0) is 63.0 Å². The summed E-state index contributed by atoms with van der Waals surface area (Å²) in [5, 5.41) is 8.83. The molecule has 1 aromatic heterocycles. The molecular formula is C19H26N4O2S2. The number of likely N-dealkylation sites (tertiary alicyclic amines) is 1. The third-order valence-electron chi connectivity index (χ3n) is 4.99. The number of carbonyl (C=O) groups excluding carboxylic acids is 1. The molecule has 0 unspecified atom stereocenters. The van der Waals surface area contributed by atoms with Crippen molar-refractivity contribution in [3.8, 4) is 0 Å². The van der Waals surface area contributed by atoms with Gasteiger partial charge in [-0.15, -0.1) is 5.10 Å². The van der Waals surface area contributed by atoms with Crippen molar-refractivity contribution in [2.45, 2.75) is 40.3 Å². The predicted octanol–water partition coefficient (Wildman–Crippen LogP) is 4.27. The molecule has 1 saturated heterocycles. The smallest absolute Gasteiger partial charge is 0.309 e. The predicted molar refractivity (Wildman–Crippen MR) is 111 cm³/mol. The molecular weight excluding hydrogens is 380 g/mol. The van der Waals surface area contributed by atoms with E-state index < -0.39 is 0 Å². The molecule has 0 bridgehead atoms. The zero-order valence-corrected chi connectivity index (χ0v) is 17.7. The van der Waals surface area contributed by atoms with Gasteiger partial charge in [-0.3, -0.25) is 9.69 Å². The molecule has 1 aromatic carbocycles. The molecule has 1 aliphatic rings. The summed E-state index contributed by atoms with van der Waals surface area (Å²) in [6.07, 6.45) is 1.65. The molecule has 2 aromatic rings. The van der Waals surface area contributed by atoms with Gasteiger partial charge >= 0.3 is 5.97 Å². The number of rotatable bonds is 6. The van der Waals surface area contributed by atoms with Gasteiger partial charge in [0.05, 0.1) is 19.2 Å². The van der Waals surface area contributed by atoms with E-state index in [-0.39, 0.29) is 11.9 Å². The van der Waals surface area contributed by atoms with Crippen LogP contribution in [0.3, 0.4) is 0 Å². The van der Waals surface area contributed by atoms with Crippen molar-refractivity contribution in [1.29, 1.82) is 0 Å². The van der Waals surface area contributed by atoms with Crippen LogP contribution in [0.1, 0.15) is 30.9 Å². The lowest BCUT2D eigenvalue weighted by molar-refractivity contribution is -0.149. The number of nitrogens with zero attached hydrogens (tertiary/aromatic N) is 3. The molecule has 2 heterocycles. The van der Waals surface area contributed by atoms with Crippen LogP contribution in [0.15, 0.2) is 18.2 Å². The summed E-state index contributed by atoms with van der Waals surface area (Å²) in [5.41, 5.74) is 3.51. The van der Waals surface area contributed by atoms with Crippen LogP contribution < -0.4 is 5.32 Å². The second kappa shape index (κ2) is 8.95. The first-order valence-corrected chi connectivity index (χ1v) is 10.5. The highest BCUT2D eigenvalue weighted by atomic mass is 32.1. The first-order valence-electron chi connectivity index (χ1n) is 9.28. The first kappa shape index (κ1) is 20.0. The number of piperidine rings is 1. The van der Waals surface area contributed by atoms with Crippen molar-refractivity contribution >= 4 is 40.3 Å². The highest BCUT2D eigenvalue weighted by Crippen LogP contribution is 2.25. The van der Waals surface area contributed by atoms with Crippen LogP contribution in [0.4, 0.5) is 10.8 Å². The Balaban J connectivity index is 1.60. The molecule has 0 saturated carbocycles. The minimum atomic E-state index is -0.0672. The summed E-state index contributed by atoms with van der Waals surface area (Å²) >= 11 is 6.97. The maximum atomic E-state index is 11.9. The summed E-state index contributed by atoms with van der Waals surface area (Å²) < 4.78 is 7.74. The van der Waals surface area contributed by atoms with Gasteiger partial charge in [0, 0.05) is 18.8 Å². The van der Waals surface area contributed by atoms with Crippen LogP contribution in [0.5, 0.6) is 0 Å². The minimum absolute atomic E-state index is 0.0196. The number of benzene rings is 1. The molecule has 8 heteroatoms. The van der Waals surface area contributed by atoms with Gasteiger partial charge in [0.15, 0.2) is 3.95 Å². The fourth-order valence-electron chi connectivity index (χ4n) is 3.21. The maximum Gasteiger partial charge on any atom is 0.309 e. The van der Waals surface area contributed by atoms with Gasteiger partial charge in [0.25, 0.3) is 0 Å². The Morgan fingerprint density at radius 3 is 2.81 bits per heavy atom. The van der Waals surface area contributed by atoms with E-state index in [1.54, 1.807) is 0 Å². The van der Waals surface area contributed by atoms with Gasteiger partial charge in [-0.25, -0.2) is 4.68 Å². The van der Waals surface area contributed by atoms with Crippen molar-refractivity contribution in [2.75, 3.05) is 25.0 Å². The summed E-state index contributed by atoms with van der Waals surface area (Å²) in [4.78, 5) is 14.1. The second-order valence-corrected chi connectivity index (χ2v) is 8.45. The average molecular weight is 407 g/mol. The standard InChI is InChI=1S/C19H26N4O2S2/c1-4-25-17(24)15-8-10-22(11-9-15)12-23-19(26)27-18(21-23)20-16-7-5-6-13(2)14(16)3/h5-7,15H,4,8-12H2,1-3H3,(H,20,21). The molecule has 1 fully saturated rings. The topological polar surface area (TPSA) is 59.4 Å². The molecule has 146 valence electrons. The number of hydrogen-bond donors (Lipinski definition) is 1. The monoisotopic (exact) mass is 406 g/mol. The Morgan fingerprint density at radius 1 is 1.37 bits per heavy atom. The lowest BCUT2D eigenvalue weighted by Crippen LogP contribution is -2.38. The van der Waals surface area contributed by atoms with Gasteiger partial charge in [0.1, 0.15) is 0 Å². The van der Waals surface area contributed by atoms with Gasteiger partial charge in [0.2, 0.25) is 5.13 Å². The van der Waals surface area contributed by atoms with Gasteiger partial charge in [-0.1, -0.05) is 23.5 Å². The van der Waals surface area contributed by atoms with Crippen LogP contribution in [-0.2, 0) is 16.2 Å². The third kappa shape index (κ3) is 4.94. The number of esters is 1. The Bertz CT molecular complexity index is 854. The van der Waals surface area contributed by atoms with E-state index in [9.17, 15) is 4.79 Å². The van der Waals surface area contributed by atoms with E-state index in [1.165, 1.54) is 22.5 Å². The zero-order valence-electron chi connectivity index (χ0n) is 16.0. The first-order chi connectivity index (χ1) is 13.0. The molecule has 6 nitrogen and oxygen atoms in total.